The standard InChI is InChI=1S/C28H24N6O2S2/c1-36-17-24(35)30-18-11-13-19(14-12-18)34-26(25(32-27(34)37)21-8-4-5-15-29-21)22-9-6-16-33(22)28-31-20-7-2-3-10-23(20)38-28/h2-16,25-26H,17H2,1H3,(H,30,35)(H,32,37)/t25-,26-/m0/s1. The fourth-order valence-electron chi connectivity index (χ4n) is 4.74. The summed E-state index contributed by atoms with van der Waals surface area (Å²) in [5, 5.41) is 7.83. The van der Waals surface area contributed by atoms with Crippen LogP contribution in [-0.2, 0) is 9.53 Å². The molecule has 0 saturated carbocycles. The van der Waals surface area contributed by atoms with Crippen molar-refractivity contribution in [2.45, 2.75) is 12.1 Å². The van der Waals surface area contributed by atoms with Gasteiger partial charge in [-0.25, -0.2) is 4.98 Å². The van der Waals surface area contributed by atoms with Crippen LogP contribution in [0.5, 0.6) is 0 Å². The van der Waals surface area contributed by atoms with Crippen LogP contribution in [0.4, 0.5) is 11.4 Å². The molecule has 1 fully saturated rings. The molecule has 5 aromatic rings. The van der Waals surface area contributed by atoms with Gasteiger partial charge in [0.05, 0.1) is 27.6 Å². The number of thiazole rings is 1. The van der Waals surface area contributed by atoms with Gasteiger partial charge in [-0.15, -0.1) is 0 Å². The van der Waals surface area contributed by atoms with Crippen molar-refractivity contribution in [3.63, 3.8) is 0 Å². The number of benzene rings is 2. The first-order chi connectivity index (χ1) is 18.6. The van der Waals surface area contributed by atoms with E-state index in [0.717, 1.165) is 32.4 Å². The van der Waals surface area contributed by atoms with Gasteiger partial charge in [0.1, 0.15) is 12.6 Å². The first-order valence-electron chi connectivity index (χ1n) is 12.0. The molecule has 190 valence electrons. The van der Waals surface area contributed by atoms with E-state index in [9.17, 15) is 4.79 Å². The monoisotopic (exact) mass is 540 g/mol. The smallest absolute Gasteiger partial charge is 0.250 e. The predicted molar refractivity (Wildman–Crippen MR) is 154 cm³/mol. The van der Waals surface area contributed by atoms with Crippen molar-refractivity contribution in [2.24, 2.45) is 0 Å². The molecule has 0 unspecified atom stereocenters. The van der Waals surface area contributed by atoms with Crippen LogP contribution in [0.25, 0.3) is 15.3 Å². The maximum absolute atomic E-state index is 12.0. The lowest BCUT2D eigenvalue weighted by Gasteiger charge is -2.28. The molecule has 1 aliphatic heterocycles. The van der Waals surface area contributed by atoms with E-state index >= 15 is 0 Å². The van der Waals surface area contributed by atoms with Gasteiger partial charge < -0.3 is 20.3 Å². The van der Waals surface area contributed by atoms with Gasteiger partial charge in [0.2, 0.25) is 5.91 Å². The van der Waals surface area contributed by atoms with Crippen LogP contribution in [0.1, 0.15) is 23.5 Å². The lowest BCUT2D eigenvalue weighted by molar-refractivity contribution is -0.119. The Balaban J connectivity index is 1.42. The van der Waals surface area contributed by atoms with Crippen molar-refractivity contribution < 1.29 is 9.53 Å². The molecule has 0 spiro atoms. The molecule has 10 heteroatoms. The first kappa shape index (κ1) is 24.2. The van der Waals surface area contributed by atoms with Gasteiger partial charge in [0, 0.05) is 30.9 Å². The van der Waals surface area contributed by atoms with E-state index in [0.29, 0.717) is 10.8 Å². The van der Waals surface area contributed by atoms with E-state index in [1.807, 2.05) is 72.9 Å². The van der Waals surface area contributed by atoms with Crippen molar-refractivity contribution in [3.8, 4) is 5.13 Å². The minimum absolute atomic E-state index is 0.00152. The molecule has 4 heterocycles. The predicted octanol–water partition coefficient (Wildman–Crippen LogP) is 5.24. The number of methoxy groups -OCH3 is 1. The highest BCUT2D eigenvalue weighted by atomic mass is 32.1. The minimum atomic E-state index is -0.208. The molecule has 0 bridgehead atoms. The zero-order valence-electron chi connectivity index (χ0n) is 20.4. The van der Waals surface area contributed by atoms with E-state index in [4.69, 9.17) is 21.9 Å². The zero-order valence-corrected chi connectivity index (χ0v) is 22.1. The normalized spacial score (nSPS) is 17.1. The molecule has 8 nitrogen and oxygen atoms in total. The number of nitrogens with zero attached hydrogens (tertiary/aromatic N) is 4. The van der Waals surface area contributed by atoms with Gasteiger partial charge in [-0.1, -0.05) is 29.5 Å². The van der Waals surface area contributed by atoms with Crippen LogP contribution in [0.3, 0.4) is 0 Å². The molecule has 1 amide bonds. The van der Waals surface area contributed by atoms with Gasteiger partial charge in [-0.05, 0) is 72.9 Å². The number of anilines is 2. The van der Waals surface area contributed by atoms with Crippen LogP contribution in [0.15, 0.2) is 91.3 Å². The number of pyridine rings is 1. The summed E-state index contributed by atoms with van der Waals surface area (Å²) in [5.41, 5.74) is 4.47. The highest BCUT2D eigenvalue weighted by Gasteiger charge is 2.42. The zero-order chi connectivity index (χ0) is 26.1. The molecule has 0 aliphatic carbocycles. The number of ether oxygens (including phenoxy) is 1. The second-order valence-electron chi connectivity index (χ2n) is 8.79. The fraction of sp³-hybridized carbons (Fsp3) is 0.143. The van der Waals surface area contributed by atoms with Gasteiger partial charge in [-0.3, -0.25) is 14.3 Å². The molecule has 3 aromatic heterocycles. The number of aromatic nitrogens is 3. The number of thiocarbonyl (C=S) groups is 1. The number of carbonyl (C=O) groups excluding carboxylic acids is 1. The van der Waals surface area contributed by atoms with Crippen LogP contribution in [-0.4, -0.2) is 39.3 Å². The van der Waals surface area contributed by atoms with Gasteiger partial charge >= 0.3 is 0 Å². The number of hydrogen-bond donors (Lipinski definition) is 2. The number of amides is 1. The van der Waals surface area contributed by atoms with Gasteiger partial charge in [0.25, 0.3) is 0 Å². The minimum Gasteiger partial charge on any atom is -0.375 e. The van der Waals surface area contributed by atoms with Crippen molar-refractivity contribution in [2.75, 3.05) is 23.9 Å². The summed E-state index contributed by atoms with van der Waals surface area (Å²) in [5.74, 6) is -0.208. The Morgan fingerprint density at radius 2 is 1.89 bits per heavy atom. The third-order valence-corrected chi connectivity index (χ3v) is 7.73. The van der Waals surface area contributed by atoms with Crippen molar-refractivity contribution in [1.29, 1.82) is 0 Å². The molecule has 0 radical (unpaired) electrons. The second-order valence-corrected chi connectivity index (χ2v) is 10.2. The summed E-state index contributed by atoms with van der Waals surface area (Å²) in [6, 6.07) is 25.4. The molecule has 2 aromatic carbocycles. The van der Waals surface area contributed by atoms with E-state index in [-0.39, 0.29) is 24.6 Å². The van der Waals surface area contributed by atoms with Gasteiger partial charge in [-0.2, -0.15) is 0 Å². The number of rotatable bonds is 7. The highest BCUT2D eigenvalue weighted by Crippen LogP contribution is 2.43. The summed E-state index contributed by atoms with van der Waals surface area (Å²) in [6.45, 7) is -0.00152. The lowest BCUT2D eigenvalue weighted by atomic mass is 10.0. The number of nitrogens with one attached hydrogen (secondary N) is 2. The Morgan fingerprint density at radius 1 is 1.08 bits per heavy atom. The van der Waals surface area contributed by atoms with Crippen LogP contribution in [0, 0.1) is 0 Å². The quantitative estimate of drug-likeness (QED) is 0.273. The third kappa shape index (κ3) is 4.53. The van der Waals surface area contributed by atoms with E-state index in [1.54, 1.807) is 17.5 Å². The summed E-state index contributed by atoms with van der Waals surface area (Å²) in [7, 11) is 1.49. The highest BCUT2D eigenvalue weighted by molar-refractivity contribution is 7.80. The largest absolute Gasteiger partial charge is 0.375 e. The molecule has 1 aliphatic rings. The number of hydrogen-bond acceptors (Lipinski definition) is 6. The third-order valence-electron chi connectivity index (χ3n) is 6.37. The molecule has 6 rings (SSSR count). The summed E-state index contributed by atoms with van der Waals surface area (Å²) >= 11 is 7.53. The Labute approximate surface area is 228 Å². The van der Waals surface area contributed by atoms with Crippen molar-refractivity contribution >= 4 is 56.2 Å². The maximum atomic E-state index is 12.0. The average Bonchev–Trinajstić information content (AvgIpc) is 3.66. The summed E-state index contributed by atoms with van der Waals surface area (Å²) in [4.78, 5) is 23.6. The number of para-hydroxylation sites is 1. The Bertz CT molecular complexity index is 1570. The Hall–Kier alpha value is -4.12. The van der Waals surface area contributed by atoms with Gasteiger partial charge in [0.15, 0.2) is 10.2 Å². The molecule has 2 atom stereocenters. The van der Waals surface area contributed by atoms with Crippen LogP contribution in [0.2, 0.25) is 0 Å². The SMILES string of the molecule is COCC(=O)Nc1ccc(N2C(=S)N[C@@H](c3ccccn3)[C@@H]2c2cccn2-c2nc3ccccc3s2)cc1. The van der Waals surface area contributed by atoms with Crippen LogP contribution < -0.4 is 15.5 Å². The van der Waals surface area contributed by atoms with E-state index in [1.165, 1.54) is 7.11 Å². The van der Waals surface area contributed by atoms with Crippen LogP contribution >= 0.6 is 23.6 Å². The topological polar surface area (TPSA) is 84.3 Å². The molecular formula is C28H24N6O2S2. The lowest BCUT2D eigenvalue weighted by Crippen LogP contribution is -2.30. The second kappa shape index (κ2) is 10.3. The first-order valence-corrected chi connectivity index (χ1v) is 13.3. The molecule has 1 saturated heterocycles. The van der Waals surface area contributed by atoms with E-state index in [2.05, 4.69) is 37.2 Å². The fourth-order valence-corrected chi connectivity index (χ4v) is 6.06. The molecule has 38 heavy (non-hydrogen) atoms. The molecule has 2 N–H and O–H groups in total. The summed E-state index contributed by atoms with van der Waals surface area (Å²) in [6.07, 6.45) is 3.83. The number of carbonyl (C=O) groups is 1. The van der Waals surface area contributed by atoms with Crippen molar-refractivity contribution in [1.82, 2.24) is 19.9 Å². The van der Waals surface area contributed by atoms with Crippen molar-refractivity contribution in [3.05, 3.63) is 103 Å². The molecular weight excluding hydrogens is 516 g/mol. The average molecular weight is 541 g/mol. The Morgan fingerprint density at radius 3 is 2.66 bits per heavy atom. The number of fused-ring (bicyclic) bond motifs is 1. The van der Waals surface area contributed by atoms with E-state index < -0.39 is 0 Å². The summed E-state index contributed by atoms with van der Waals surface area (Å²) < 4.78 is 8.18. The maximum Gasteiger partial charge on any atom is 0.250 e. The Kier molecular flexibility index (Phi) is 6.59.